The molecule has 2 aromatic carbocycles. The van der Waals surface area contributed by atoms with Gasteiger partial charge in [-0.2, -0.15) is 0 Å². The maximum Gasteiger partial charge on any atom is 0.148 e. The lowest BCUT2D eigenvalue weighted by Gasteiger charge is -2.09. The standard InChI is InChI=1S/C23H25NS2.C2H6O2/c1-3-17(2)24-16-23-22(25)15-21(26-23)14-11-18-9-12-20(13-10-18)19-7-5-4-6-8-19;1-2(3)4/h4-15,17,24-25H,3,16H2,1-2H3;2-4H,1H3/b14-11+;. The molecule has 5 heteroatoms. The second kappa shape index (κ2) is 12.7. The third-order valence-corrected chi connectivity index (χ3v) is 6.14. The van der Waals surface area contributed by atoms with Gasteiger partial charge >= 0.3 is 0 Å². The summed E-state index contributed by atoms with van der Waals surface area (Å²) in [5.74, 6) is 0. The predicted octanol–water partition coefficient (Wildman–Crippen LogP) is 6.08. The highest BCUT2D eigenvalue weighted by Crippen LogP contribution is 2.27. The minimum Gasteiger partial charge on any atom is -0.368 e. The Hall–Kier alpha value is -1.89. The largest absolute Gasteiger partial charge is 0.368 e. The highest BCUT2D eigenvalue weighted by molar-refractivity contribution is 7.80. The van der Waals surface area contributed by atoms with E-state index in [-0.39, 0.29) is 0 Å². The van der Waals surface area contributed by atoms with Crippen molar-refractivity contribution < 1.29 is 10.2 Å². The number of hydrogen-bond donors (Lipinski definition) is 4. The molecule has 0 aliphatic heterocycles. The van der Waals surface area contributed by atoms with Crippen molar-refractivity contribution in [3.63, 3.8) is 0 Å². The second-order valence-corrected chi connectivity index (χ2v) is 8.75. The molecule has 1 aromatic heterocycles. The minimum atomic E-state index is -1.17. The third kappa shape index (κ3) is 8.46. The van der Waals surface area contributed by atoms with E-state index < -0.39 is 6.29 Å². The number of thiol groups is 1. The van der Waals surface area contributed by atoms with Gasteiger partial charge in [0.15, 0.2) is 0 Å². The van der Waals surface area contributed by atoms with Gasteiger partial charge in [-0.15, -0.1) is 24.0 Å². The van der Waals surface area contributed by atoms with Gasteiger partial charge in [0.25, 0.3) is 0 Å². The summed E-state index contributed by atoms with van der Waals surface area (Å²) in [6, 6.07) is 21.8. The average Bonchev–Trinajstić information content (AvgIpc) is 3.10. The van der Waals surface area contributed by atoms with Crippen LogP contribution < -0.4 is 5.32 Å². The smallest absolute Gasteiger partial charge is 0.148 e. The van der Waals surface area contributed by atoms with Crippen LogP contribution in [-0.2, 0) is 6.54 Å². The van der Waals surface area contributed by atoms with Crippen molar-refractivity contribution in [1.29, 1.82) is 0 Å². The Bertz CT molecular complexity index is 900. The molecule has 0 spiro atoms. The topological polar surface area (TPSA) is 52.5 Å². The molecule has 3 aromatic rings. The fraction of sp³-hybridized carbons (Fsp3) is 0.280. The van der Waals surface area contributed by atoms with Gasteiger partial charge in [-0.1, -0.05) is 67.6 Å². The molecule has 0 bridgehead atoms. The van der Waals surface area contributed by atoms with Crippen molar-refractivity contribution in [1.82, 2.24) is 5.32 Å². The molecule has 0 amide bonds. The van der Waals surface area contributed by atoms with Gasteiger partial charge in [0.05, 0.1) is 0 Å². The molecule has 1 atom stereocenters. The summed E-state index contributed by atoms with van der Waals surface area (Å²) in [5.41, 5.74) is 3.70. The van der Waals surface area contributed by atoms with Crippen molar-refractivity contribution in [3.8, 4) is 11.1 Å². The number of hydrogen-bond acceptors (Lipinski definition) is 5. The SMILES string of the molecule is CC(O)O.CCC(C)NCc1sc(/C=C/c2ccc(-c3ccccc3)cc2)cc1S. The number of benzene rings is 2. The zero-order chi connectivity index (χ0) is 21.9. The summed E-state index contributed by atoms with van der Waals surface area (Å²) >= 11 is 6.43. The number of aliphatic hydroxyl groups is 2. The Morgan fingerprint density at radius 3 is 2.17 bits per heavy atom. The van der Waals surface area contributed by atoms with Gasteiger partial charge < -0.3 is 15.5 Å². The maximum absolute atomic E-state index is 7.61. The first-order valence-electron chi connectivity index (χ1n) is 10.1. The molecule has 0 radical (unpaired) electrons. The van der Waals surface area contributed by atoms with E-state index in [4.69, 9.17) is 10.2 Å². The predicted molar refractivity (Wildman–Crippen MR) is 133 cm³/mol. The molecule has 0 saturated carbocycles. The van der Waals surface area contributed by atoms with Crippen LogP contribution in [0.2, 0.25) is 0 Å². The van der Waals surface area contributed by atoms with Gasteiger partial charge in [0, 0.05) is 27.2 Å². The lowest BCUT2D eigenvalue weighted by molar-refractivity contribution is -0.0228. The highest BCUT2D eigenvalue weighted by Gasteiger charge is 2.06. The zero-order valence-electron chi connectivity index (χ0n) is 17.7. The third-order valence-electron chi connectivity index (χ3n) is 4.49. The number of aliphatic hydroxyl groups excluding tert-OH is 1. The Labute approximate surface area is 189 Å². The first-order valence-corrected chi connectivity index (χ1v) is 11.4. The second-order valence-electron chi connectivity index (χ2n) is 7.10. The molecule has 1 heterocycles. The van der Waals surface area contributed by atoms with Gasteiger partial charge in [-0.25, -0.2) is 0 Å². The first-order chi connectivity index (χ1) is 14.4. The van der Waals surface area contributed by atoms with E-state index in [0.29, 0.717) is 6.04 Å². The summed E-state index contributed by atoms with van der Waals surface area (Å²) in [4.78, 5) is 3.61. The quantitative estimate of drug-likeness (QED) is 0.265. The van der Waals surface area contributed by atoms with E-state index in [1.807, 2.05) is 6.07 Å². The molecular formula is C25H31NO2S2. The molecule has 160 valence electrons. The monoisotopic (exact) mass is 441 g/mol. The summed E-state index contributed by atoms with van der Waals surface area (Å²) in [6.45, 7) is 6.58. The lowest BCUT2D eigenvalue weighted by Crippen LogP contribution is -2.24. The number of thiophene rings is 1. The van der Waals surface area contributed by atoms with E-state index >= 15 is 0 Å². The van der Waals surface area contributed by atoms with Crippen LogP contribution in [0.15, 0.2) is 65.6 Å². The first kappa shape index (κ1) is 24.4. The summed E-state index contributed by atoms with van der Waals surface area (Å²) < 4.78 is 0. The molecule has 3 N–H and O–H groups in total. The van der Waals surface area contributed by atoms with Crippen LogP contribution in [0.5, 0.6) is 0 Å². The minimum absolute atomic E-state index is 0.534. The molecule has 3 nitrogen and oxygen atoms in total. The van der Waals surface area contributed by atoms with E-state index in [1.54, 1.807) is 11.3 Å². The molecule has 0 saturated heterocycles. The van der Waals surface area contributed by atoms with Crippen LogP contribution in [0.25, 0.3) is 23.3 Å². The Morgan fingerprint density at radius 1 is 0.967 bits per heavy atom. The molecule has 0 aliphatic rings. The van der Waals surface area contributed by atoms with Gasteiger partial charge in [-0.05, 0) is 49.1 Å². The van der Waals surface area contributed by atoms with E-state index in [9.17, 15) is 0 Å². The molecule has 30 heavy (non-hydrogen) atoms. The summed E-state index contributed by atoms with van der Waals surface area (Å²) in [5, 5.41) is 18.8. The van der Waals surface area contributed by atoms with Crippen LogP contribution in [0.3, 0.4) is 0 Å². The molecule has 0 fully saturated rings. The van der Waals surface area contributed by atoms with E-state index in [1.165, 1.54) is 33.4 Å². The highest BCUT2D eigenvalue weighted by atomic mass is 32.1. The van der Waals surface area contributed by atoms with Crippen LogP contribution >= 0.6 is 24.0 Å². The molecule has 1 unspecified atom stereocenters. The fourth-order valence-corrected chi connectivity index (χ4v) is 4.01. The lowest BCUT2D eigenvalue weighted by atomic mass is 10.0. The van der Waals surface area contributed by atoms with E-state index in [0.717, 1.165) is 17.9 Å². The van der Waals surface area contributed by atoms with Crippen molar-refractivity contribution in [2.45, 2.75) is 51.0 Å². The molecule has 3 rings (SSSR count). The van der Waals surface area contributed by atoms with Crippen LogP contribution in [-0.4, -0.2) is 22.5 Å². The average molecular weight is 442 g/mol. The van der Waals surface area contributed by atoms with E-state index in [2.05, 4.69) is 98.5 Å². The van der Waals surface area contributed by atoms with Gasteiger partial charge in [-0.3, -0.25) is 0 Å². The molecule has 0 aliphatic carbocycles. The molecular weight excluding hydrogens is 410 g/mol. The van der Waals surface area contributed by atoms with Gasteiger partial charge in [0.2, 0.25) is 0 Å². The van der Waals surface area contributed by atoms with Crippen molar-refractivity contribution in [3.05, 3.63) is 76.0 Å². The van der Waals surface area contributed by atoms with Crippen LogP contribution in [0.4, 0.5) is 0 Å². The van der Waals surface area contributed by atoms with Crippen molar-refractivity contribution in [2.75, 3.05) is 0 Å². The number of rotatable bonds is 7. The fourth-order valence-electron chi connectivity index (χ4n) is 2.65. The zero-order valence-corrected chi connectivity index (χ0v) is 19.5. The van der Waals surface area contributed by atoms with Crippen LogP contribution in [0, 0.1) is 0 Å². The van der Waals surface area contributed by atoms with Crippen molar-refractivity contribution in [2.24, 2.45) is 0 Å². The van der Waals surface area contributed by atoms with Crippen LogP contribution in [0.1, 0.15) is 42.5 Å². The van der Waals surface area contributed by atoms with Crippen molar-refractivity contribution >= 4 is 36.1 Å². The Balaban J connectivity index is 0.000000735. The Morgan fingerprint density at radius 2 is 1.57 bits per heavy atom. The normalized spacial score (nSPS) is 12.1. The maximum atomic E-state index is 7.61. The Kier molecular flexibility index (Phi) is 10.3. The number of nitrogens with one attached hydrogen (secondary N) is 1. The van der Waals surface area contributed by atoms with Gasteiger partial charge in [0.1, 0.15) is 6.29 Å². The summed E-state index contributed by atoms with van der Waals surface area (Å²) in [7, 11) is 0. The summed E-state index contributed by atoms with van der Waals surface area (Å²) in [6.07, 6.45) is 4.31.